The summed E-state index contributed by atoms with van der Waals surface area (Å²) in [7, 11) is 1.01. The zero-order chi connectivity index (χ0) is 20.4. The molecule has 0 amide bonds. The smallest absolute Gasteiger partial charge is 0.347 e. The second kappa shape index (κ2) is 8.40. The van der Waals surface area contributed by atoms with Crippen molar-refractivity contribution in [2.45, 2.75) is 46.5 Å². The first-order valence-electron chi connectivity index (χ1n) is 9.15. The number of rotatable bonds is 7. The summed E-state index contributed by atoms with van der Waals surface area (Å²) in [6.07, 6.45) is 0. The molecule has 0 saturated heterocycles. The topological polar surface area (TPSA) is 53.4 Å². The monoisotopic (exact) mass is 402 g/mol. The maximum absolute atomic E-state index is 11.2. The third-order valence-corrected chi connectivity index (χ3v) is 7.33. The molecule has 0 spiro atoms. The highest BCUT2D eigenvalue weighted by Crippen LogP contribution is 2.29. The Labute approximate surface area is 167 Å². The normalized spacial score (nSPS) is 12.7. The Morgan fingerprint density at radius 3 is 2.22 bits per heavy atom. The number of carbonyl (C=O) groups is 1. The van der Waals surface area contributed by atoms with Crippen molar-refractivity contribution >= 4 is 31.1 Å². The van der Waals surface area contributed by atoms with Gasteiger partial charge < -0.3 is 10.0 Å². The molecule has 1 N–H and O–H groups in total. The second-order valence-corrected chi connectivity index (χ2v) is 14.9. The van der Waals surface area contributed by atoms with E-state index in [2.05, 4.69) is 62.6 Å². The van der Waals surface area contributed by atoms with Crippen LogP contribution in [-0.4, -0.2) is 37.7 Å². The van der Waals surface area contributed by atoms with Crippen LogP contribution in [0.4, 0.5) is 5.69 Å². The van der Waals surface area contributed by atoms with Crippen molar-refractivity contribution in [3.05, 3.63) is 46.0 Å². The third kappa shape index (κ3) is 5.78. The lowest BCUT2D eigenvalue weighted by molar-refractivity contribution is 0.0701. The van der Waals surface area contributed by atoms with Gasteiger partial charge in [-0.3, -0.25) is 0 Å². The maximum atomic E-state index is 11.2. The molecular formula is C21H30N2O2SSi. The van der Waals surface area contributed by atoms with Gasteiger partial charge in [0.25, 0.3) is 0 Å². The molecule has 0 atom stereocenters. The molecule has 0 aliphatic heterocycles. The Kier molecular flexibility index (Phi) is 6.65. The summed E-state index contributed by atoms with van der Waals surface area (Å²) in [6.45, 7) is 14.4. The van der Waals surface area contributed by atoms with Crippen LogP contribution in [0.25, 0.3) is 10.6 Å². The molecular weight excluding hydrogens is 372 g/mol. The number of anilines is 1. The van der Waals surface area contributed by atoms with E-state index in [4.69, 9.17) is 0 Å². The van der Waals surface area contributed by atoms with Crippen LogP contribution >= 0.6 is 11.3 Å². The number of thiazole rings is 1. The molecule has 146 valence electrons. The van der Waals surface area contributed by atoms with Gasteiger partial charge in [0.2, 0.25) is 0 Å². The van der Waals surface area contributed by atoms with Crippen molar-refractivity contribution < 1.29 is 9.90 Å². The largest absolute Gasteiger partial charge is 0.477 e. The molecule has 0 fully saturated rings. The van der Waals surface area contributed by atoms with Crippen molar-refractivity contribution in [2.75, 3.05) is 18.5 Å². The Bertz CT molecular complexity index is 848. The fourth-order valence-corrected chi connectivity index (χ4v) is 5.91. The third-order valence-electron chi connectivity index (χ3n) is 4.54. The van der Waals surface area contributed by atoms with Gasteiger partial charge in [-0.25, -0.2) is 9.78 Å². The van der Waals surface area contributed by atoms with E-state index < -0.39 is 14.0 Å². The van der Waals surface area contributed by atoms with Gasteiger partial charge in [0.1, 0.15) is 9.88 Å². The van der Waals surface area contributed by atoms with E-state index in [-0.39, 0.29) is 0 Å². The molecule has 2 aromatic rings. The van der Waals surface area contributed by atoms with E-state index >= 15 is 0 Å². The predicted octanol–water partition coefficient (Wildman–Crippen LogP) is 5.93. The van der Waals surface area contributed by atoms with Gasteiger partial charge in [-0.1, -0.05) is 30.8 Å². The average molecular weight is 403 g/mol. The Hall–Kier alpha value is -1.92. The van der Waals surface area contributed by atoms with Gasteiger partial charge in [0.15, 0.2) is 0 Å². The number of aromatic carboxylic acids is 1. The standard InChI is InChI=1S/C21H30N2O2SSi/c1-14(15(2)13-27(5,6)7)12-23(4)18-10-8-17(9-11-18)20-22-16(3)19(26-20)21(24)25/h8-11H,12-13H2,1-7H3,(H,24,25)/b15-14-. The van der Waals surface area contributed by atoms with Crippen LogP contribution in [0.15, 0.2) is 35.4 Å². The molecule has 0 unspecified atom stereocenters. The SMILES string of the molecule is C/C(CN(C)c1ccc(-c2nc(C)c(C(=O)O)s2)cc1)=C(\C)C[Si](C)(C)C. The van der Waals surface area contributed by atoms with Gasteiger partial charge in [0, 0.05) is 32.9 Å². The highest BCUT2D eigenvalue weighted by atomic mass is 32.1. The first-order valence-corrected chi connectivity index (χ1v) is 13.7. The number of nitrogens with zero attached hydrogens (tertiary/aromatic N) is 2. The molecule has 6 heteroatoms. The number of benzene rings is 1. The van der Waals surface area contributed by atoms with Gasteiger partial charge in [0.05, 0.1) is 5.69 Å². The lowest BCUT2D eigenvalue weighted by atomic mass is 10.1. The van der Waals surface area contributed by atoms with Crippen molar-refractivity contribution in [1.29, 1.82) is 0 Å². The number of carboxylic acids is 1. The number of carboxylic acid groups (broad SMARTS) is 1. The van der Waals surface area contributed by atoms with Crippen molar-refractivity contribution in [2.24, 2.45) is 0 Å². The first kappa shape index (κ1) is 21.4. The number of aromatic nitrogens is 1. The zero-order valence-corrected chi connectivity index (χ0v) is 19.2. The number of likely N-dealkylation sites (N-methyl/N-ethyl adjacent to an activating group) is 1. The van der Waals surface area contributed by atoms with Gasteiger partial charge >= 0.3 is 5.97 Å². The molecule has 0 radical (unpaired) electrons. The van der Waals surface area contributed by atoms with Crippen LogP contribution < -0.4 is 4.90 Å². The lowest BCUT2D eigenvalue weighted by Crippen LogP contribution is -2.23. The van der Waals surface area contributed by atoms with E-state index in [1.807, 2.05) is 12.1 Å². The summed E-state index contributed by atoms with van der Waals surface area (Å²) in [5.74, 6) is -0.913. The Balaban J connectivity index is 2.14. The van der Waals surface area contributed by atoms with Crippen LogP contribution in [0.5, 0.6) is 0 Å². The molecule has 27 heavy (non-hydrogen) atoms. The minimum Gasteiger partial charge on any atom is -0.477 e. The molecule has 1 aromatic heterocycles. The predicted molar refractivity (Wildman–Crippen MR) is 119 cm³/mol. The summed E-state index contributed by atoms with van der Waals surface area (Å²) in [4.78, 5) is 18.2. The molecule has 0 bridgehead atoms. The van der Waals surface area contributed by atoms with Crippen LogP contribution in [-0.2, 0) is 0 Å². The van der Waals surface area contributed by atoms with E-state index in [0.717, 1.165) is 22.8 Å². The molecule has 2 rings (SSSR count). The zero-order valence-electron chi connectivity index (χ0n) is 17.4. The maximum Gasteiger partial charge on any atom is 0.347 e. The van der Waals surface area contributed by atoms with E-state index in [0.29, 0.717) is 10.6 Å². The summed E-state index contributed by atoms with van der Waals surface area (Å²) in [6, 6.07) is 9.43. The molecule has 4 nitrogen and oxygen atoms in total. The number of aryl methyl sites for hydroxylation is 1. The van der Waals surface area contributed by atoms with Gasteiger partial charge in [-0.05, 0) is 51.1 Å². The van der Waals surface area contributed by atoms with Crippen molar-refractivity contribution in [3.63, 3.8) is 0 Å². The van der Waals surface area contributed by atoms with Crippen LogP contribution in [0.3, 0.4) is 0 Å². The quantitative estimate of drug-likeness (QED) is 0.461. The summed E-state index contributed by atoms with van der Waals surface area (Å²) in [5, 5.41) is 9.95. The molecule has 0 saturated carbocycles. The van der Waals surface area contributed by atoms with Crippen molar-refractivity contribution in [1.82, 2.24) is 4.98 Å². The molecule has 0 aliphatic rings. The number of hydrogen-bond donors (Lipinski definition) is 1. The van der Waals surface area contributed by atoms with E-state index in [1.54, 1.807) is 6.92 Å². The average Bonchev–Trinajstić information content (AvgIpc) is 2.95. The summed E-state index contributed by atoms with van der Waals surface area (Å²) >= 11 is 1.23. The summed E-state index contributed by atoms with van der Waals surface area (Å²) in [5.41, 5.74) is 5.62. The highest BCUT2D eigenvalue weighted by molar-refractivity contribution is 7.17. The number of hydrogen-bond acceptors (Lipinski definition) is 4. The van der Waals surface area contributed by atoms with Gasteiger partial charge in [-0.15, -0.1) is 11.3 Å². The fourth-order valence-electron chi connectivity index (χ4n) is 3.11. The van der Waals surface area contributed by atoms with E-state index in [1.165, 1.54) is 28.5 Å². The van der Waals surface area contributed by atoms with E-state index in [9.17, 15) is 9.90 Å². The first-order chi connectivity index (χ1) is 12.5. The van der Waals surface area contributed by atoms with Crippen LogP contribution in [0, 0.1) is 6.92 Å². The number of allylic oxidation sites excluding steroid dienone is 1. The molecule has 0 aliphatic carbocycles. The second-order valence-electron chi connectivity index (χ2n) is 8.44. The fraction of sp³-hybridized carbons (Fsp3) is 0.429. The molecule has 1 aromatic carbocycles. The van der Waals surface area contributed by atoms with Gasteiger partial charge in [-0.2, -0.15) is 0 Å². The Morgan fingerprint density at radius 2 is 1.74 bits per heavy atom. The molecule has 1 heterocycles. The minimum absolute atomic E-state index is 0.310. The summed E-state index contributed by atoms with van der Waals surface area (Å²) < 4.78 is 0. The van der Waals surface area contributed by atoms with Crippen LogP contribution in [0.1, 0.15) is 29.2 Å². The minimum atomic E-state index is -1.09. The lowest BCUT2D eigenvalue weighted by Gasteiger charge is -2.23. The van der Waals surface area contributed by atoms with Crippen LogP contribution in [0.2, 0.25) is 25.7 Å². The Morgan fingerprint density at radius 1 is 1.15 bits per heavy atom. The highest BCUT2D eigenvalue weighted by Gasteiger charge is 2.16. The van der Waals surface area contributed by atoms with Crippen molar-refractivity contribution in [3.8, 4) is 10.6 Å².